The minimum atomic E-state index is -1.08. The van der Waals surface area contributed by atoms with E-state index in [0.29, 0.717) is 5.69 Å². The van der Waals surface area contributed by atoms with Crippen LogP contribution < -0.4 is 10.6 Å². The van der Waals surface area contributed by atoms with Crippen molar-refractivity contribution < 1.29 is 19.5 Å². The molecule has 1 aliphatic carbocycles. The van der Waals surface area contributed by atoms with Crippen LogP contribution in [0.3, 0.4) is 0 Å². The van der Waals surface area contributed by atoms with E-state index in [9.17, 15) is 14.4 Å². The number of carbonyl (C=O) groups is 3. The lowest BCUT2D eigenvalue weighted by atomic mass is 9.87. The molecule has 6 nitrogen and oxygen atoms in total. The molecule has 0 fully saturated rings. The number of rotatable bonds is 6. The molecule has 1 unspecified atom stereocenters. The molecule has 0 aliphatic heterocycles. The van der Waals surface area contributed by atoms with Gasteiger partial charge in [-0.3, -0.25) is 14.4 Å². The fourth-order valence-corrected chi connectivity index (χ4v) is 4.10. The Morgan fingerprint density at radius 1 is 1.15 bits per heavy atom. The number of hydrogen-bond donors (Lipinski definition) is 3. The number of carboxylic acid groups (broad SMARTS) is 1. The predicted molar refractivity (Wildman–Crippen MR) is 99.4 cm³/mol. The zero-order valence-corrected chi connectivity index (χ0v) is 15.0. The van der Waals surface area contributed by atoms with Gasteiger partial charge in [0.2, 0.25) is 11.8 Å². The molecule has 2 aromatic rings. The van der Waals surface area contributed by atoms with E-state index < -0.39 is 5.97 Å². The second kappa shape index (κ2) is 8.14. The summed E-state index contributed by atoms with van der Waals surface area (Å²) >= 11 is 1.71. The third kappa shape index (κ3) is 4.49. The third-order valence-electron chi connectivity index (χ3n) is 4.39. The number of benzene rings is 1. The summed E-state index contributed by atoms with van der Waals surface area (Å²) in [6, 6.07) is 9.08. The molecular formula is C19H20N2O4S. The van der Waals surface area contributed by atoms with Crippen LogP contribution in [0.15, 0.2) is 35.7 Å². The number of carbonyl (C=O) groups excluding carboxylic acids is 2. The van der Waals surface area contributed by atoms with Crippen LogP contribution in [0, 0.1) is 0 Å². The molecule has 1 aromatic carbocycles. The van der Waals surface area contributed by atoms with Crippen molar-refractivity contribution in [3.05, 3.63) is 51.7 Å². The Balaban J connectivity index is 1.57. The summed E-state index contributed by atoms with van der Waals surface area (Å²) in [6.45, 7) is -0.390. The fraction of sp³-hybridized carbons (Fsp3) is 0.316. The average molecular weight is 372 g/mol. The minimum absolute atomic E-state index is 0.00342. The van der Waals surface area contributed by atoms with Crippen LogP contribution in [0.25, 0.3) is 0 Å². The summed E-state index contributed by atoms with van der Waals surface area (Å²) in [5.41, 5.74) is 2.58. The van der Waals surface area contributed by atoms with Gasteiger partial charge in [-0.25, -0.2) is 0 Å². The normalized spacial score (nSPS) is 15.8. The summed E-state index contributed by atoms with van der Waals surface area (Å²) in [5.74, 6) is -1.54. The van der Waals surface area contributed by atoms with E-state index in [-0.39, 0.29) is 30.7 Å². The first kappa shape index (κ1) is 18.1. The van der Waals surface area contributed by atoms with Crippen molar-refractivity contribution in [3.63, 3.8) is 0 Å². The van der Waals surface area contributed by atoms with Gasteiger partial charge in [-0.1, -0.05) is 12.1 Å². The van der Waals surface area contributed by atoms with E-state index in [2.05, 4.69) is 10.6 Å². The van der Waals surface area contributed by atoms with Gasteiger partial charge in [-0.15, -0.1) is 11.3 Å². The molecule has 2 amide bonds. The Bertz CT molecular complexity index is 813. The quantitative estimate of drug-likeness (QED) is 0.726. The molecule has 0 saturated heterocycles. The molecule has 7 heteroatoms. The van der Waals surface area contributed by atoms with Crippen molar-refractivity contribution in [1.82, 2.24) is 5.32 Å². The fourth-order valence-electron chi connectivity index (χ4n) is 3.12. The number of thiophene rings is 1. The Hall–Kier alpha value is -2.67. The monoisotopic (exact) mass is 372 g/mol. The number of hydrogen-bond acceptors (Lipinski definition) is 4. The first-order valence-electron chi connectivity index (χ1n) is 8.47. The van der Waals surface area contributed by atoms with Crippen LogP contribution in [0.4, 0.5) is 5.69 Å². The summed E-state index contributed by atoms with van der Waals surface area (Å²) in [5, 5.41) is 15.9. The number of nitrogens with one attached hydrogen (secondary N) is 2. The number of aryl methyl sites for hydroxylation is 1. The van der Waals surface area contributed by atoms with Gasteiger partial charge in [0.05, 0.1) is 12.3 Å². The van der Waals surface area contributed by atoms with Crippen LogP contribution in [0.5, 0.6) is 0 Å². The number of fused-ring (bicyclic) bond motifs is 1. The Morgan fingerprint density at radius 3 is 2.65 bits per heavy atom. The van der Waals surface area contributed by atoms with Gasteiger partial charge in [-0.2, -0.15) is 0 Å². The van der Waals surface area contributed by atoms with Crippen LogP contribution in [0.1, 0.15) is 34.8 Å². The molecule has 3 rings (SSSR count). The van der Waals surface area contributed by atoms with Gasteiger partial charge in [0.15, 0.2) is 0 Å². The molecule has 26 heavy (non-hydrogen) atoms. The Kier molecular flexibility index (Phi) is 5.68. The lowest BCUT2D eigenvalue weighted by Gasteiger charge is -2.21. The molecule has 3 N–H and O–H groups in total. The molecule has 0 spiro atoms. The summed E-state index contributed by atoms with van der Waals surface area (Å²) < 4.78 is 0. The van der Waals surface area contributed by atoms with Crippen LogP contribution in [-0.2, 0) is 27.2 Å². The van der Waals surface area contributed by atoms with Gasteiger partial charge >= 0.3 is 5.97 Å². The van der Waals surface area contributed by atoms with Gasteiger partial charge in [0.1, 0.15) is 6.54 Å². The second-order valence-corrected chi connectivity index (χ2v) is 7.28. The summed E-state index contributed by atoms with van der Waals surface area (Å²) in [7, 11) is 0. The first-order chi connectivity index (χ1) is 12.5. The zero-order valence-electron chi connectivity index (χ0n) is 14.2. The van der Waals surface area contributed by atoms with Crippen LogP contribution >= 0.6 is 11.3 Å². The topological polar surface area (TPSA) is 95.5 Å². The van der Waals surface area contributed by atoms with Gasteiger partial charge < -0.3 is 15.7 Å². The Labute approximate surface area is 155 Å². The smallest absolute Gasteiger partial charge is 0.322 e. The lowest BCUT2D eigenvalue weighted by Crippen LogP contribution is -2.30. The predicted octanol–water partition coefficient (Wildman–Crippen LogP) is 2.55. The highest BCUT2D eigenvalue weighted by Crippen LogP contribution is 2.35. The van der Waals surface area contributed by atoms with E-state index in [1.807, 2.05) is 11.4 Å². The maximum Gasteiger partial charge on any atom is 0.322 e. The average Bonchev–Trinajstić information content (AvgIpc) is 3.10. The minimum Gasteiger partial charge on any atom is -0.480 e. The highest BCUT2D eigenvalue weighted by atomic mass is 32.1. The van der Waals surface area contributed by atoms with Gasteiger partial charge in [0, 0.05) is 10.6 Å². The standard InChI is InChI=1S/C19H20N2O4S/c22-17(20-11-18(23)24)10-12-4-6-13(7-5-12)21-19(25)15-2-1-3-16-14(15)8-9-26-16/h4-9,15H,1-3,10-11H2,(H,20,22)(H,21,25)(H,23,24). The molecule has 0 saturated carbocycles. The SMILES string of the molecule is O=C(O)CNC(=O)Cc1ccc(NC(=O)C2CCCc3sccc32)cc1. The molecule has 1 heterocycles. The van der Waals surface area contributed by atoms with Crippen LogP contribution in [-0.4, -0.2) is 29.4 Å². The number of anilines is 1. The van der Waals surface area contributed by atoms with Gasteiger partial charge in [-0.05, 0) is 54.0 Å². The molecule has 1 aromatic heterocycles. The molecule has 0 radical (unpaired) electrons. The largest absolute Gasteiger partial charge is 0.480 e. The summed E-state index contributed by atoms with van der Waals surface area (Å²) in [6.07, 6.45) is 3.03. The molecule has 1 atom stereocenters. The number of carboxylic acids is 1. The lowest BCUT2D eigenvalue weighted by molar-refractivity contribution is -0.137. The molecule has 1 aliphatic rings. The van der Waals surface area contributed by atoms with Crippen molar-refractivity contribution in [3.8, 4) is 0 Å². The first-order valence-corrected chi connectivity index (χ1v) is 9.35. The molecule has 0 bridgehead atoms. The highest BCUT2D eigenvalue weighted by Gasteiger charge is 2.27. The third-order valence-corrected chi connectivity index (χ3v) is 5.39. The molecular weight excluding hydrogens is 352 g/mol. The van der Waals surface area contributed by atoms with E-state index >= 15 is 0 Å². The van der Waals surface area contributed by atoms with E-state index in [4.69, 9.17) is 5.11 Å². The van der Waals surface area contributed by atoms with E-state index in [1.165, 1.54) is 4.88 Å². The van der Waals surface area contributed by atoms with Crippen molar-refractivity contribution in [1.29, 1.82) is 0 Å². The van der Waals surface area contributed by atoms with Gasteiger partial charge in [0.25, 0.3) is 0 Å². The number of aliphatic carboxylic acids is 1. The second-order valence-electron chi connectivity index (χ2n) is 6.28. The van der Waals surface area contributed by atoms with E-state index in [0.717, 1.165) is 30.4 Å². The highest BCUT2D eigenvalue weighted by molar-refractivity contribution is 7.10. The summed E-state index contributed by atoms with van der Waals surface area (Å²) in [4.78, 5) is 36.0. The molecule has 136 valence electrons. The van der Waals surface area contributed by atoms with Crippen molar-refractivity contribution >= 4 is 34.8 Å². The zero-order chi connectivity index (χ0) is 18.5. The van der Waals surface area contributed by atoms with Crippen molar-refractivity contribution in [2.24, 2.45) is 0 Å². The Morgan fingerprint density at radius 2 is 1.92 bits per heavy atom. The maximum atomic E-state index is 12.6. The van der Waals surface area contributed by atoms with Crippen LogP contribution in [0.2, 0.25) is 0 Å². The maximum absolute atomic E-state index is 12.6. The van der Waals surface area contributed by atoms with Crippen molar-refractivity contribution in [2.45, 2.75) is 31.6 Å². The van der Waals surface area contributed by atoms with Crippen molar-refractivity contribution in [2.75, 3.05) is 11.9 Å². The van der Waals surface area contributed by atoms with E-state index in [1.54, 1.807) is 35.6 Å². The number of amides is 2.